The first-order valence-electron chi connectivity index (χ1n) is 4.18. The fourth-order valence-electron chi connectivity index (χ4n) is 1.05. The van der Waals surface area contributed by atoms with E-state index >= 15 is 0 Å². The van der Waals surface area contributed by atoms with Crippen molar-refractivity contribution < 1.29 is 8.78 Å². The van der Waals surface area contributed by atoms with E-state index in [2.05, 4.69) is 15.4 Å². The minimum Gasteiger partial charge on any atom is -0.207 e. The number of benzene rings is 1. The van der Waals surface area contributed by atoms with E-state index in [1.807, 2.05) is 0 Å². The quantitative estimate of drug-likeness (QED) is 0.818. The van der Waals surface area contributed by atoms with Crippen LogP contribution in [0.2, 0.25) is 0 Å². The van der Waals surface area contributed by atoms with E-state index in [-0.39, 0.29) is 0 Å². The average Bonchev–Trinajstić information content (AvgIpc) is 2.69. The molecule has 78 valence electrons. The molecule has 2 aromatic rings. The zero-order chi connectivity index (χ0) is 10.7. The molecule has 0 saturated carbocycles. The summed E-state index contributed by atoms with van der Waals surface area (Å²) < 4.78 is 25.8. The second-order valence-corrected chi connectivity index (χ2v) is 3.83. The molecule has 0 aliphatic rings. The Balaban J connectivity index is 2.05. The maximum atomic E-state index is 13.2. The molecule has 1 aromatic carbocycles. The lowest BCUT2D eigenvalue weighted by Crippen LogP contribution is -1.89. The number of hydrogen-bond acceptors (Lipinski definition) is 3. The molecule has 0 fully saturated rings. The number of H-pyrrole nitrogens is 1. The van der Waals surface area contributed by atoms with Crippen LogP contribution >= 0.6 is 11.8 Å². The SMILES string of the molecule is Fc1ccc(CSc2cn[nH]n2)c(F)c1. The van der Waals surface area contributed by atoms with Crippen molar-refractivity contribution in [3.05, 3.63) is 41.6 Å². The Labute approximate surface area is 88.9 Å². The third-order valence-electron chi connectivity index (χ3n) is 1.78. The summed E-state index contributed by atoms with van der Waals surface area (Å²) in [6.45, 7) is 0. The molecule has 0 amide bonds. The molecule has 0 radical (unpaired) electrons. The Morgan fingerprint density at radius 1 is 1.33 bits per heavy atom. The number of aromatic nitrogens is 3. The van der Waals surface area contributed by atoms with Gasteiger partial charge in [-0.2, -0.15) is 10.3 Å². The molecular weight excluding hydrogens is 220 g/mol. The minimum absolute atomic E-state index is 0.401. The molecule has 0 atom stereocenters. The number of aromatic amines is 1. The monoisotopic (exact) mass is 227 g/mol. The van der Waals surface area contributed by atoms with Crippen LogP contribution in [-0.4, -0.2) is 15.4 Å². The van der Waals surface area contributed by atoms with Gasteiger partial charge in [-0.3, -0.25) is 0 Å². The maximum absolute atomic E-state index is 13.2. The molecule has 0 unspecified atom stereocenters. The highest BCUT2D eigenvalue weighted by Gasteiger charge is 2.05. The summed E-state index contributed by atoms with van der Waals surface area (Å²) in [4.78, 5) is 0. The van der Waals surface area contributed by atoms with Crippen molar-refractivity contribution in [3.8, 4) is 0 Å². The third kappa shape index (κ3) is 2.53. The number of rotatable bonds is 3. The lowest BCUT2D eigenvalue weighted by molar-refractivity contribution is 0.576. The molecule has 0 spiro atoms. The number of nitrogens with zero attached hydrogens (tertiary/aromatic N) is 2. The zero-order valence-electron chi connectivity index (χ0n) is 7.58. The van der Waals surface area contributed by atoms with Crippen LogP contribution in [0.4, 0.5) is 8.78 Å². The summed E-state index contributed by atoms with van der Waals surface area (Å²) >= 11 is 1.33. The highest BCUT2D eigenvalue weighted by atomic mass is 32.2. The highest BCUT2D eigenvalue weighted by molar-refractivity contribution is 7.98. The van der Waals surface area contributed by atoms with E-state index in [4.69, 9.17) is 0 Å². The van der Waals surface area contributed by atoms with Crippen molar-refractivity contribution in [2.24, 2.45) is 0 Å². The van der Waals surface area contributed by atoms with Gasteiger partial charge in [0.15, 0.2) is 0 Å². The summed E-state index contributed by atoms with van der Waals surface area (Å²) in [7, 11) is 0. The van der Waals surface area contributed by atoms with Crippen molar-refractivity contribution in [2.75, 3.05) is 0 Å². The Hall–Kier alpha value is -1.43. The second kappa shape index (κ2) is 4.39. The van der Waals surface area contributed by atoms with E-state index < -0.39 is 11.6 Å². The molecule has 1 heterocycles. The van der Waals surface area contributed by atoms with Gasteiger partial charge >= 0.3 is 0 Å². The fourth-order valence-corrected chi connectivity index (χ4v) is 1.82. The van der Waals surface area contributed by atoms with Crippen LogP contribution in [0.15, 0.2) is 29.4 Å². The number of hydrogen-bond donors (Lipinski definition) is 1. The maximum Gasteiger partial charge on any atom is 0.139 e. The Morgan fingerprint density at radius 3 is 2.87 bits per heavy atom. The van der Waals surface area contributed by atoms with Gasteiger partial charge in [0.05, 0.1) is 6.20 Å². The van der Waals surface area contributed by atoms with Gasteiger partial charge < -0.3 is 0 Å². The first-order valence-corrected chi connectivity index (χ1v) is 5.17. The van der Waals surface area contributed by atoms with E-state index in [0.29, 0.717) is 16.3 Å². The highest BCUT2D eigenvalue weighted by Crippen LogP contribution is 2.21. The Bertz CT molecular complexity index is 445. The largest absolute Gasteiger partial charge is 0.207 e. The van der Waals surface area contributed by atoms with Gasteiger partial charge in [0.25, 0.3) is 0 Å². The van der Waals surface area contributed by atoms with Crippen LogP contribution in [0.1, 0.15) is 5.56 Å². The summed E-state index contributed by atoms with van der Waals surface area (Å²) in [5, 5.41) is 10.6. The van der Waals surface area contributed by atoms with Crippen LogP contribution in [0.5, 0.6) is 0 Å². The summed E-state index contributed by atoms with van der Waals surface area (Å²) in [5.74, 6) is -0.702. The van der Waals surface area contributed by atoms with Gasteiger partial charge in [-0.15, -0.1) is 5.10 Å². The molecule has 1 N–H and O–H groups in total. The molecule has 1 aromatic heterocycles. The standard InChI is InChI=1S/C9H7F2N3S/c10-7-2-1-6(8(11)3-7)5-15-9-4-12-14-13-9/h1-4H,5H2,(H,12,13,14). The topological polar surface area (TPSA) is 41.6 Å². The predicted molar refractivity (Wildman–Crippen MR) is 52.3 cm³/mol. The molecular formula is C9H7F2N3S. The van der Waals surface area contributed by atoms with Crippen LogP contribution < -0.4 is 0 Å². The van der Waals surface area contributed by atoms with Crippen LogP contribution in [-0.2, 0) is 5.75 Å². The lowest BCUT2D eigenvalue weighted by atomic mass is 10.2. The Kier molecular flexibility index (Phi) is 2.96. The molecule has 2 rings (SSSR count). The molecule has 3 nitrogen and oxygen atoms in total. The normalized spacial score (nSPS) is 10.5. The van der Waals surface area contributed by atoms with Crippen molar-refractivity contribution in [1.29, 1.82) is 0 Å². The zero-order valence-corrected chi connectivity index (χ0v) is 8.39. The summed E-state index contributed by atoms with van der Waals surface area (Å²) in [6.07, 6.45) is 1.55. The molecule has 6 heteroatoms. The number of nitrogens with one attached hydrogen (secondary N) is 1. The van der Waals surface area contributed by atoms with E-state index in [1.165, 1.54) is 23.9 Å². The van der Waals surface area contributed by atoms with E-state index in [1.54, 1.807) is 6.20 Å². The molecule has 15 heavy (non-hydrogen) atoms. The van der Waals surface area contributed by atoms with Gasteiger partial charge in [0.2, 0.25) is 0 Å². The predicted octanol–water partition coefficient (Wildman–Crippen LogP) is 2.38. The van der Waals surface area contributed by atoms with Gasteiger partial charge in [-0.25, -0.2) is 8.78 Å². The molecule has 0 bridgehead atoms. The summed E-state index contributed by atoms with van der Waals surface area (Å²) in [6, 6.07) is 3.54. The van der Waals surface area contributed by atoms with Crippen molar-refractivity contribution >= 4 is 11.8 Å². The van der Waals surface area contributed by atoms with Crippen LogP contribution in [0.25, 0.3) is 0 Å². The lowest BCUT2D eigenvalue weighted by Gasteiger charge is -2.00. The Morgan fingerprint density at radius 2 is 2.20 bits per heavy atom. The van der Waals surface area contributed by atoms with Crippen molar-refractivity contribution in [1.82, 2.24) is 15.4 Å². The van der Waals surface area contributed by atoms with Gasteiger partial charge in [0, 0.05) is 11.8 Å². The van der Waals surface area contributed by atoms with Crippen LogP contribution in [0.3, 0.4) is 0 Å². The first kappa shape index (κ1) is 10.1. The van der Waals surface area contributed by atoms with E-state index in [9.17, 15) is 8.78 Å². The van der Waals surface area contributed by atoms with Crippen molar-refractivity contribution in [3.63, 3.8) is 0 Å². The minimum atomic E-state index is -0.567. The number of halogens is 2. The fraction of sp³-hybridized carbons (Fsp3) is 0.111. The second-order valence-electron chi connectivity index (χ2n) is 2.83. The molecule has 0 aliphatic heterocycles. The van der Waals surface area contributed by atoms with Gasteiger partial charge in [-0.05, 0) is 11.6 Å². The first-order chi connectivity index (χ1) is 7.25. The average molecular weight is 227 g/mol. The molecule has 0 saturated heterocycles. The van der Waals surface area contributed by atoms with Gasteiger partial charge in [-0.1, -0.05) is 17.8 Å². The van der Waals surface area contributed by atoms with Crippen molar-refractivity contribution in [2.45, 2.75) is 10.8 Å². The molecule has 0 aliphatic carbocycles. The third-order valence-corrected chi connectivity index (χ3v) is 2.73. The number of thioether (sulfide) groups is 1. The summed E-state index contributed by atoms with van der Waals surface area (Å²) in [5.41, 5.74) is 0.449. The van der Waals surface area contributed by atoms with Gasteiger partial charge in [0.1, 0.15) is 16.7 Å². The smallest absolute Gasteiger partial charge is 0.139 e. The van der Waals surface area contributed by atoms with Crippen LogP contribution in [0, 0.1) is 11.6 Å². The van der Waals surface area contributed by atoms with E-state index in [0.717, 1.165) is 6.07 Å².